The molecule has 3 nitrogen and oxygen atoms in total. The first kappa shape index (κ1) is 10.4. The molecular weight excluding hydrogens is 176 g/mol. The van der Waals surface area contributed by atoms with Crippen LogP contribution in [-0.2, 0) is 4.74 Å². The molecule has 2 rings (SSSR count). The Labute approximate surface area is 86.8 Å². The van der Waals surface area contributed by atoms with Gasteiger partial charge >= 0.3 is 0 Å². The van der Waals surface area contributed by atoms with E-state index >= 15 is 0 Å². The van der Waals surface area contributed by atoms with Gasteiger partial charge in [0.2, 0.25) is 0 Å². The molecule has 0 amide bonds. The third kappa shape index (κ3) is 2.94. The molecule has 2 aliphatic rings. The molecule has 0 saturated carbocycles. The van der Waals surface area contributed by atoms with Gasteiger partial charge in [-0.1, -0.05) is 0 Å². The molecule has 82 valence electrons. The van der Waals surface area contributed by atoms with E-state index in [-0.39, 0.29) is 0 Å². The molecule has 1 N–H and O–H groups in total. The van der Waals surface area contributed by atoms with Crippen molar-refractivity contribution in [2.75, 3.05) is 39.3 Å². The lowest BCUT2D eigenvalue weighted by atomic mass is 9.99. The molecule has 3 heteroatoms. The summed E-state index contributed by atoms with van der Waals surface area (Å²) in [5, 5.41) is 3.48. The topological polar surface area (TPSA) is 24.5 Å². The zero-order valence-corrected chi connectivity index (χ0v) is 9.17. The normalized spacial score (nSPS) is 35.8. The Hall–Kier alpha value is -0.120. The molecule has 2 heterocycles. The summed E-state index contributed by atoms with van der Waals surface area (Å²) in [6.45, 7) is 9.03. The van der Waals surface area contributed by atoms with Crippen molar-refractivity contribution < 1.29 is 4.74 Å². The average Bonchev–Trinajstić information content (AvgIpc) is 2.19. The van der Waals surface area contributed by atoms with Gasteiger partial charge in [0.25, 0.3) is 0 Å². The summed E-state index contributed by atoms with van der Waals surface area (Å²) in [7, 11) is 0. The Morgan fingerprint density at radius 2 is 2.43 bits per heavy atom. The van der Waals surface area contributed by atoms with Crippen molar-refractivity contribution in [3.8, 4) is 0 Å². The highest BCUT2D eigenvalue weighted by Gasteiger charge is 2.21. The monoisotopic (exact) mass is 198 g/mol. The van der Waals surface area contributed by atoms with Gasteiger partial charge < -0.3 is 10.1 Å². The number of morpholine rings is 1. The summed E-state index contributed by atoms with van der Waals surface area (Å²) >= 11 is 0. The van der Waals surface area contributed by atoms with Crippen molar-refractivity contribution in [2.24, 2.45) is 5.92 Å². The molecule has 2 saturated heterocycles. The molecule has 14 heavy (non-hydrogen) atoms. The fraction of sp³-hybridized carbons (Fsp3) is 1.00. The summed E-state index contributed by atoms with van der Waals surface area (Å²) in [6.07, 6.45) is 3.18. The van der Waals surface area contributed by atoms with Crippen LogP contribution in [-0.4, -0.2) is 50.3 Å². The number of nitrogens with zero attached hydrogens (tertiary/aromatic N) is 1. The van der Waals surface area contributed by atoms with Crippen molar-refractivity contribution in [3.05, 3.63) is 0 Å². The Morgan fingerprint density at radius 3 is 3.14 bits per heavy atom. The number of piperidine rings is 1. The van der Waals surface area contributed by atoms with Crippen LogP contribution in [0.2, 0.25) is 0 Å². The van der Waals surface area contributed by atoms with Gasteiger partial charge in [-0.25, -0.2) is 0 Å². The molecule has 0 aromatic heterocycles. The molecule has 0 aliphatic carbocycles. The standard InChI is InChI=1S/C11H22N2O/c1-10-8-13(5-6-14-10)9-11-3-2-4-12-7-11/h10-12H,2-9H2,1H3. The van der Waals surface area contributed by atoms with Crippen molar-refractivity contribution in [1.29, 1.82) is 0 Å². The summed E-state index contributed by atoms with van der Waals surface area (Å²) in [6, 6.07) is 0. The van der Waals surface area contributed by atoms with Gasteiger partial charge in [0, 0.05) is 19.6 Å². The highest BCUT2D eigenvalue weighted by molar-refractivity contribution is 4.75. The van der Waals surface area contributed by atoms with Crippen LogP contribution in [0.1, 0.15) is 19.8 Å². The van der Waals surface area contributed by atoms with Crippen LogP contribution in [0.15, 0.2) is 0 Å². The lowest BCUT2D eigenvalue weighted by molar-refractivity contribution is -0.0240. The van der Waals surface area contributed by atoms with Crippen LogP contribution in [0.4, 0.5) is 0 Å². The molecule has 0 bridgehead atoms. The maximum Gasteiger partial charge on any atom is 0.0674 e. The average molecular weight is 198 g/mol. The largest absolute Gasteiger partial charge is 0.376 e. The fourth-order valence-electron chi connectivity index (χ4n) is 2.50. The molecule has 2 unspecified atom stereocenters. The first-order valence-electron chi connectivity index (χ1n) is 5.89. The van der Waals surface area contributed by atoms with Gasteiger partial charge in [0.1, 0.15) is 0 Å². The van der Waals surface area contributed by atoms with E-state index in [9.17, 15) is 0 Å². The number of nitrogens with one attached hydrogen (secondary N) is 1. The second kappa shape index (κ2) is 5.10. The predicted molar refractivity (Wildman–Crippen MR) is 57.4 cm³/mol. The Bertz CT molecular complexity index is 169. The Balaban J connectivity index is 1.72. The second-order valence-electron chi connectivity index (χ2n) is 4.65. The van der Waals surface area contributed by atoms with E-state index in [0.717, 1.165) is 25.6 Å². The van der Waals surface area contributed by atoms with Crippen LogP contribution >= 0.6 is 0 Å². The van der Waals surface area contributed by atoms with E-state index < -0.39 is 0 Å². The smallest absolute Gasteiger partial charge is 0.0674 e. The molecule has 2 aliphatic heterocycles. The van der Waals surface area contributed by atoms with Crippen LogP contribution in [0.5, 0.6) is 0 Å². The van der Waals surface area contributed by atoms with E-state index in [1.54, 1.807) is 0 Å². The quantitative estimate of drug-likeness (QED) is 0.707. The van der Waals surface area contributed by atoms with E-state index in [4.69, 9.17) is 4.74 Å². The maximum absolute atomic E-state index is 5.54. The molecule has 2 fully saturated rings. The number of ether oxygens (including phenoxy) is 1. The number of hydrogen-bond acceptors (Lipinski definition) is 3. The molecular formula is C11H22N2O. The van der Waals surface area contributed by atoms with Gasteiger partial charge in [-0.05, 0) is 38.8 Å². The van der Waals surface area contributed by atoms with E-state index in [1.165, 1.54) is 32.5 Å². The SMILES string of the molecule is CC1CN(CC2CCCNC2)CCO1. The summed E-state index contributed by atoms with van der Waals surface area (Å²) in [4.78, 5) is 2.56. The predicted octanol–water partition coefficient (Wildman–Crippen LogP) is 0.707. The third-order valence-corrected chi connectivity index (χ3v) is 3.24. The van der Waals surface area contributed by atoms with Crippen molar-refractivity contribution in [2.45, 2.75) is 25.9 Å². The van der Waals surface area contributed by atoms with Crippen molar-refractivity contribution >= 4 is 0 Å². The molecule has 0 radical (unpaired) electrons. The summed E-state index contributed by atoms with van der Waals surface area (Å²) < 4.78 is 5.54. The van der Waals surface area contributed by atoms with Gasteiger partial charge in [-0.2, -0.15) is 0 Å². The summed E-state index contributed by atoms with van der Waals surface area (Å²) in [5.74, 6) is 0.869. The van der Waals surface area contributed by atoms with E-state index in [1.807, 2.05) is 0 Å². The Morgan fingerprint density at radius 1 is 1.50 bits per heavy atom. The van der Waals surface area contributed by atoms with Crippen LogP contribution in [0.25, 0.3) is 0 Å². The number of hydrogen-bond donors (Lipinski definition) is 1. The Kier molecular flexibility index (Phi) is 3.79. The minimum absolute atomic E-state index is 0.431. The zero-order chi connectivity index (χ0) is 9.80. The zero-order valence-electron chi connectivity index (χ0n) is 9.17. The highest BCUT2D eigenvalue weighted by atomic mass is 16.5. The van der Waals surface area contributed by atoms with Crippen LogP contribution < -0.4 is 5.32 Å². The lowest BCUT2D eigenvalue weighted by Gasteiger charge is -2.35. The van der Waals surface area contributed by atoms with Crippen molar-refractivity contribution in [1.82, 2.24) is 10.2 Å². The first-order chi connectivity index (χ1) is 6.84. The van der Waals surface area contributed by atoms with Crippen LogP contribution in [0, 0.1) is 5.92 Å². The maximum atomic E-state index is 5.54. The van der Waals surface area contributed by atoms with Gasteiger partial charge in [0.05, 0.1) is 12.7 Å². The number of rotatable bonds is 2. The minimum Gasteiger partial charge on any atom is -0.376 e. The summed E-state index contributed by atoms with van der Waals surface area (Å²) in [5.41, 5.74) is 0. The third-order valence-electron chi connectivity index (χ3n) is 3.24. The minimum atomic E-state index is 0.431. The lowest BCUT2D eigenvalue weighted by Crippen LogP contribution is -2.45. The van der Waals surface area contributed by atoms with Gasteiger partial charge in [-0.3, -0.25) is 4.90 Å². The van der Waals surface area contributed by atoms with Gasteiger partial charge in [0.15, 0.2) is 0 Å². The van der Waals surface area contributed by atoms with E-state index in [0.29, 0.717) is 6.10 Å². The van der Waals surface area contributed by atoms with Crippen molar-refractivity contribution in [3.63, 3.8) is 0 Å². The molecule has 0 spiro atoms. The molecule has 2 atom stereocenters. The van der Waals surface area contributed by atoms with E-state index in [2.05, 4.69) is 17.1 Å². The second-order valence-corrected chi connectivity index (χ2v) is 4.65. The van der Waals surface area contributed by atoms with Crippen LogP contribution in [0.3, 0.4) is 0 Å². The molecule has 0 aromatic rings. The van der Waals surface area contributed by atoms with Gasteiger partial charge in [-0.15, -0.1) is 0 Å². The molecule has 0 aromatic carbocycles. The first-order valence-corrected chi connectivity index (χ1v) is 5.89. The highest BCUT2D eigenvalue weighted by Crippen LogP contribution is 2.13. The fourth-order valence-corrected chi connectivity index (χ4v) is 2.50.